The van der Waals surface area contributed by atoms with Gasteiger partial charge < -0.3 is 10.0 Å². The molecule has 21 heavy (non-hydrogen) atoms. The van der Waals surface area contributed by atoms with Gasteiger partial charge in [0.2, 0.25) is 5.91 Å². The largest absolute Gasteiger partial charge is 0.393 e. The van der Waals surface area contributed by atoms with Gasteiger partial charge >= 0.3 is 0 Å². The fourth-order valence-corrected chi connectivity index (χ4v) is 3.92. The van der Waals surface area contributed by atoms with E-state index in [1.54, 1.807) is 0 Å². The Kier molecular flexibility index (Phi) is 6.49. The number of aliphatic hydroxyl groups is 1. The molecule has 4 nitrogen and oxygen atoms in total. The number of amides is 1. The van der Waals surface area contributed by atoms with Gasteiger partial charge in [-0.1, -0.05) is 19.3 Å². The molecule has 0 aromatic rings. The zero-order valence-corrected chi connectivity index (χ0v) is 13.8. The Hall–Kier alpha value is -0.610. The van der Waals surface area contributed by atoms with E-state index >= 15 is 0 Å². The summed E-state index contributed by atoms with van der Waals surface area (Å²) in [5.41, 5.74) is 0. The second kappa shape index (κ2) is 8.14. The van der Waals surface area contributed by atoms with Crippen LogP contribution in [0, 0.1) is 5.92 Å². The van der Waals surface area contributed by atoms with Crippen LogP contribution < -0.4 is 0 Å². The molecule has 4 heteroatoms. The molecule has 2 rings (SSSR count). The Bertz CT molecular complexity index is 327. The average Bonchev–Trinajstić information content (AvgIpc) is 2.86. The highest BCUT2D eigenvalue weighted by atomic mass is 16.3. The van der Waals surface area contributed by atoms with E-state index in [9.17, 15) is 9.90 Å². The minimum atomic E-state index is -0.273. The zero-order chi connectivity index (χ0) is 15.2. The van der Waals surface area contributed by atoms with E-state index in [0.717, 1.165) is 32.4 Å². The van der Waals surface area contributed by atoms with Crippen LogP contribution in [-0.4, -0.2) is 59.6 Å². The zero-order valence-electron chi connectivity index (χ0n) is 13.8. The van der Waals surface area contributed by atoms with Crippen molar-refractivity contribution in [2.45, 2.75) is 70.4 Å². The lowest BCUT2D eigenvalue weighted by atomic mass is 9.89. The van der Waals surface area contributed by atoms with Crippen LogP contribution in [0.25, 0.3) is 0 Å². The number of hydrogen-bond donors (Lipinski definition) is 1. The van der Waals surface area contributed by atoms with Gasteiger partial charge in [-0.25, -0.2) is 0 Å². The molecule has 1 aliphatic heterocycles. The van der Waals surface area contributed by atoms with Crippen LogP contribution in [-0.2, 0) is 4.79 Å². The van der Waals surface area contributed by atoms with Gasteiger partial charge in [0.1, 0.15) is 0 Å². The summed E-state index contributed by atoms with van der Waals surface area (Å²) < 4.78 is 0. The van der Waals surface area contributed by atoms with Crippen LogP contribution in [0.2, 0.25) is 0 Å². The number of carbonyl (C=O) groups is 1. The summed E-state index contributed by atoms with van der Waals surface area (Å²) in [4.78, 5) is 16.6. The van der Waals surface area contributed by atoms with Gasteiger partial charge in [-0.2, -0.15) is 0 Å². The van der Waals surface area contributed by atoms with Gasteiger partial charge in [-0.05, 0) is 51.5 Å². The highest BCUT2D eigenvalue weighted by molar-refractivity contribution is 5.78. The van der Waals surface area contributed by atoms with Crippen molar-refractivity contribution in [1.29, 1.82) is 0 Å². The molecule has 0 aromatic heterocycles. The third-order valence-electron chi connectivity index (χ3n) is 5.13. The first-order chi connectivity index (χ1) is 10.1. The molecule has 2 aliphatic rings. The van der Waals surface area contributed by atoms with E-state index < -0.39 is 0 Å². The predicted octanol–water partition coefficient (Wildman–Crippen LogP) is 2.26. The maximum Gasteiger partial charge on any atom is 0.236 e. The smallest absolute Gasteiger partial charge is 0.236 e. The van der Waals surface area contributed by atoms with Crippen LogP contribution >= 0.6 is 0 Å². The predicted molar refractivity (Wildman–Crippen MR) is 85.1 cm³/mol. The van der Waals surface area contributed by atoms with Crippen LogP contribution in [0.1, 0.15) is 58.3 Å². The number of rotatable bonds is 6. The highest BCUT2D eigenvalue weighted by Crippen LogP contribution is 2.25. The summed E-state index contributed by atoms with van der Waals surface area (Å²) in [5, 5.41) is 9.57. The Morgan fingerprint density at radius 2 is 1.95 bits per heavy atom. The van der Waals surface area contributed by atoms with Crippen LogP contribution in [0.15, 0.2) is 0 Å². The Morgan fingerprint density at radius 1 is 1.24 bits per heavy atom. The molecule has 0 aromatic carbocycles. The van der Waals surface area contributed by atoms with Crippen LogP contribution in [0.4, 0.5) is 0 Å². The molecule has 1 saturated heterocycles. The first-order valence-corrected chi connectivity index (χ1v) is 8.72. The number of hydrogen-bond acceptors (Lipinski definition) is 3. The van der Waals surface area contributed by atoms with Gasteiger partial charge in [-0.15, -0.1) is 0 Å². The molecular formula is C17H32N2O2. The van der Waals surface area contributed by atoms with Crippen LogP contribution in [0.5, 0.6) is 0 Å². The van der Waals surface area contributed by atoms with Crippen molar-refractivity contribution >= 4 is 5.91 Å². The molecular weight excluding hydrogens is 264 g/mol. The Balaban J connectivity index is 1.76. The maximum atomic E-state index is 12.4. The molecule has 2 unspecified atom stereocenters. The van der Waals surface area contributed by atoms with Crippen molar-refractivity contribution in [2.24, 2.45) is 5.92 Å². The van der Waals surface area contributed by atoms with Crippen molar-refractivity contribution in [3.05, 3.63) is 0 Å². The average molecular weight is 296 g/mol. The van der Waals surface area contributed by atoms with Crippen molar-refractivity contribution in [2.75, 3.05) is 26.7 Å². The lowest BCUT2D eigenvalue weighted by Gasteiger charge is -2.30. The molecule has 0 bridgehead atoms. The fraction of sp³-hybridized carbons (Fsp3) is 0.941. The SMILES string of the molecule is CC(O)CC1CCCN1CC(=O)N(C)CC1CCCCC1. The second-order valence-corrected chi connectivity index (χ2v) is 7.13. The monoisotopic (exact) mass is 296 g/mol. The Labute approximate surface area is 129 Å². The van der Waals surface area contributed by atoms with Crippen molar-refractivity contribution < 1.29 is 9.90 Å². The van der Waals surface area contributed by atoms with Gasteiger partial charge in [0.15, 0.2) is 0 Å². The molecule has 1 heterocycles. The molecule has 2 fully saturated rings. The molecule has 0 spiro atoms. The van der Waals surface area contributed by atoms with Crippen molar-refractivity contribution in [1.82, 2.24) is 9.80 Å². The number of likely N-dealkylation sites (N-methyl/N-ethyl adjacent to an activating group) is 1. The summed E-state index contributed by atoms with van der Waals surface area (Å²) in [6.07, 6.45) is 9.37. The van der Waals surface area contributed by atoms with Crippen molar-refractivity contribution in [3.63, 3.8) is 0 Å². The third-order valence-corrected chi connectivity index (χ3v) is 5.13. The first-order valence-electron chi connectivity index (χ1n) is 8.72. The number of aliphatic hydroxyl groups excluding tert-OH is 1. The first kappa shape index (κ1) is 16.8. The molecule has 0 radical (unpaired) electrons. The molecule has 1 amide bonds. The minimum Gasteiger partial charge on any atom is -0.393 e. The van der Waals surface area contributed by atoms with Gasteiger partial charge in [0.05, 0.1) is 12.6 Å². The van der Waals surface area contributed by atoms with Gasteiger partial charge in [0, 0.05) is 19.6 Å². The standard InChI is InChI=1S/C17H32N2O2/c1-14(20)11-16-9-6-10-19(16)13-17(21)18(2)12-15-7-4-3-5-8-15/h14-16,20H,3-13H2,1-2H3. The van der Waals surface area contributed by atoms with E-state index in [4.69, 9.17) is 0 Å². The molecule has 1 saturated carbocycles. The summed E-state index contributed by atoms with van der Waals surface area (Å²) in [6.45, 7) is 4.29. The molecule has 1 N–H and O–H groups in total. The normalized spacial score (nSPS) is 26.0. The van der Waals surface area contributed by atoms with Gasteiger partial charge in [0.25, 0.3) is 0 Å². The maximum absolute atomic E-state index is 12.4. The number of likely N-dealkylation sites (tertiary alicyclic amines) is 1. The number of nitrogens with zero attached hydrogens (tertiary/aromatic N) is 2. The quantitative estimate of drug-likeness (QED) is 0.817. The van der Waals surface area contributed by atoms with E-state index in [0.29, 0.717) is 18.5 Å². The Morgan fingerprint density at radius 3 is 2.62 bits per heavy atom. The molecule has 122 valence electrons. The fourth-order valence-electron chi connectivity index (χ4n) is 3.92. The van der Waals surface area contributed by atoms with Gasteiger partial charge in [-0.3, -0.25) is 9.69 Å². The van der Waals surface area contributed by atoms with E-state index in [2.05, 4.69) is 4.90 Å². The topological polar surface area (TPSA) is 43.8 Å². The minimum absolute atomic E-state index is 0.248. The van der Waals surface area contributed by atoms with E-state index in [1.807, 2.05) is 18.9 Å². The van der Waals surface area contributed by atoms with Crippen molar-refractivity contribution in [3.8, 4) is 0 Å². The second-order valence-electron chi connectivity index (χ2n) is 7.13. The third kappa shape index (κ3) is 5.26. The molecule has 2 atom stereocenters. The summed E-state index contributed by atoms with van der Waals surface area (Å²) in [6, 6.07) is 0.386. The highest BCUT2D eigenvalue weighted by Gasteiger charge is 2.28. The van der Waals surface area contributed by atoms with E-state index in [-0.39, 0.29) is 12.0 Å². The van der Waals surface area contributed by atoms with E-state index in [1.165, 1.54) is 32.1 Å². The molecule has 1 aliphatic carbocycles. The number of carbonyl (C=O) groups excluding carboxylic acids is 1. The summed E-state index contributed by atoms with van der Waals surface area (Å²) >= 11 is 0. The van der Waals surface area contributed by atoms with Crippen LogP contribution in [0.3, 0.4) is 0 Å². The lowest BCUT2D eigenvalue weighted by molar-refractivity contribution is -0.132. The lowest BCUT2D eigenvalue weighted by Crippen LogP contribution is -2.43. The summed E-state index contributed by atoms with van der Waals surface area (Å²) in [5.74, 6) is 0.956. The summed E-state index contributed by atoms with van der Waals surface area (Å²) in [7, 11) is 1.96.